The molecule has 1 rings (SSSR count). The van der Waals surface area contributed by atoms with Crippen molar-refractivity contribution in [2.45, 2.75) is 70.3 Å². The zero-order valence-electron chi connectivity index (χ0n) is 19.9. The molecular formula is C23H34N4O8. The zero-order chi connectivity index (χ0) is 26.7. The molecule has 1 aromatic carbocycles. The Morgan fingerprint density at radius 2 is 1.34 bits per heavy atom. The molecule has 0 spiro atoms. The Kier molecular flexibility index (Phi) is 11.8. The number of aliphatic hydroxyl groups is 1. The first-order valence-electron chi connectivity index (χ1n) is 11.1. The molecule has 8 N–H and O–H groups in total. The van der Waals surface area contributed by atoms with Crippen molar-refractivity contribution in [3.63, 3.8) is 0 Å². The van der Waals surface area contributed by atoms with E-state index >= 15 is 0 Å². The minimum Gasteiger partial charge on any atom is -0.481 e. The maximum absolute atomic E-state index is 13.1. The summed E-state index contributed by atoms with van der Waals surface area (Å²) >= 11 is 0. The lowest BCUT2D eigenvalue weighted by Crippen LogP contribution is -2.59. The van der Waals surface area contributed by atoms with Crippen molar-refractivity contribution in [3.05, 3.63) is 35.9 Å². The molecular weight excluding hydrogens is 460 g/mol. The number of hydrogen-bond acceptors (Lipinski definition) is 7. The molecule has 0 heterocycles. The van der Waals surface area contributed by atoms with Crippen LogP contribution in [0.15, 0.2) is 30.3 Å². The lowest BCUT2D eigenvalue weighted by atomic mass is 10.0. The van der Waals surface area contributed by atoms with Crippen molar-refractivity contribution in [3.8, 4) is 0 Å². The number of benzene rings is 1. The van der Waals surface area contributed by atoms with Crippen LogP contribution in [0.2, 0.25) is 0 Å². The summed E-state index contributed by atoms with van der Waals surface area (Å²) in [6, 6.07) is 3.12. The molecule has 0 radical (unpaired) electrons. The van der Waals surface area contributed by atoms with Crippen molar-refractivity contribution in [1.82, 2.24) is 16.0 Å². The lowest BCUT2D eigenvalue weighted by molar-refractivity contribution is -0.144. The fourth-order valence-electron chi connectivity index (χ4n) is 3.17. The molecule has 35 heavy (non-hydrogen) atoms. The first kappa shape index (κ1) is 29.5. The van der Waals surface area contributed by atoms with Gasteiger partial charge >= 0.3 is 11.9 Å². The van der Waals surface area contributed by atoms with Gasteiger partial charge in [0.1, 0.15) is 24.2 Å². The molecule has 0 aliphatic rings. The second-order valence-corrected chi connectivity index (χ2v) is 8.71. The van der Waals surface area contributed by atoms with Crippen molar-refractivity contribution in [2.75, 3.05) is 0 Å². The van der Waals surface area contributed by atoms with Crippen molar-refractivity contribution in [2.24, 2.45) is 11.7 Å². The summed E-state index contributed by atoms with van der Waals surface area (Å²) in [6.45, 7) is 4.82. The molecule has 12 heteroatoms. The van der Waals surface area contributed by atoms with Gasteiger partial charge in [0, 0.05) is 6.42 Å². The smallest absolute Gasteiger partial charge is 0.326 e. The Bertz CT molecular complexity index is 891. The molecule has 5 unspecified atom stereocenters. The van der Waals surface area contributed by atoms with Crippen molar-refractivity contribution < 1.29 is 39.3 Å². The average molecular weight is 495 g/mol. The molecule has 0 aromatic heterocycles. The number of aliphatic carboxylic acids is 2. The monoisotopic (exact) mass is 494 g/mol. The van der Waals surface area contributed by atoms with E-state index in [1.54, 1.807) is 44.2 Å². The number of nitrogens with two attached hydrogens (primary N) is 1. The van der Waals surface area contributed by atoms with Gasteiger partial charge in [0.05, 0.1) is 12.5 Å². The number of rotatable bonds is 14. The van der Waals surface area contributed by atoms with Crippen LogP contribution in [-0.2, 0) is 30.4 Å². The highest BCUT2D eigenvalue weighted by Crippen LogP contribution is 2.08. The van der Waals surface area contributed by atoms with Crippen molar-refractivity contribution in [1.29, 1.82) is 0 Å². The molecule has 0 saturated heterocycles. The predicted octanol–water partition coefficient (Wildman–Crippen LogP) is -1.00. The summed E-state index contributed by atoms with van der Waals surface area (Å²) in [4.78, 5) is 61.0. The second kappa shape index (κ2) is 14.0. The molecule has 0 fully saturated rings. The third-order valence-electron chi connectivity index (χ3n) is 5.07. The van der Waals surface area contributed by atoms with Gasteiger partial charge in [-0.05, 0) is 24.8 Å². The highest BCUT2D eigenvalue weighted by atomic mass is 16.4. The zero-order valence-corrected chi connectivity index (χ0v) is 19.9. The summed E-state index contributed by atoms with van der Waals surface area (Å²) in [5.74, 6) is -5.46. The van der Waals surface area contributed by atoms with E-state index in [1.165, 1.54) is 6.92 Å². The summed E-state index contributed by atoms with van der Waals surface area (Å²) in [7, 11) is 0. The number of hydrogen-bond donors (Lipinski definition) is 7. The number of carbonyl (C=O) groups is 5. The molecule has 12 nitrogen and oxygen atoms in total. The molecule has 1 aromatic rings. The van der Waals surface area contributed by atoms with E-state index in [0.29, 0.717) is 5.56 Å². The number of carbonyl (C=O) groups excluding carboxylic acids is 3. The molecule has 0 bridgehead atoms. The third-order valence-corrected chi connectivity index (χ3v) is 5.07. The van der Waals surface area contributed by atoms with Crippen LogP contribution >= 0.6 is 0 Å². The maximum atomic E-state index is 13.1. The SMILES string of the molecule is CC(C)CC(NC(=O)C(CC(=O)O)NC(=O)C(Cc1ccccc1)NC(=O)C(N)C(C)O)C(=O)O. The van der Waals surface area contributed by atoms with Gasteiger partial charge in [-0.1, -0.05) is 44.2 Å². The number of aliphatic hydroxyl groups excluding tert-OH is 1. The van der Waals surface area contributed by atoms with E-state index in [0.717, 1.165) is 0 Å². The van der Waals surface area contributed by atoms with Gasteiger partial charge in [0.25, 0.3) is 0 Å². The van der Waals surface area contributed by atoms with Crippen LogP contribution in [0.5, 0.6) is 0 Å². The van der Waals surface area contributed by atoms with Crippen molar-refractivity contribution >= 4 is 29.7 Å². The van der Waals surface area contributed by atoms with Crippen LogP contribution in [0, 0.1) is 5.92 Å². The number of amides is 3. The molecule has 3 amide bonds. The quantitative estimate of drug-likeness (QED) is 0.169. The Morgan fingerprint density at radius 1 is 0.829 bits per heavy atom. The van der Waals surface area contributed by atoms with Crippen LogP contribution < -0.4 is 21.7 Å². The van der Waals surface area contributed by atoms with Gasteiger partial charge in [-0.25, -0.2) is 4.79 Å². The van der Waals surface area contributed by atoms with E-state index in [4.69, 9.17) is 5.73 Å². The van der Waals surface area contributed by atoms with E-state index in [2.05, 4.69) is 16.0 Å². The molecule has 0 aliphatic carbocycles. The van der Waals surface area contributed by atoms with E-state index < -0.39 is 66.4 Å². The van der Waals surface area contributed by atoms with Crippen LogP contribution in [0.4, 0.5) is 0 Å². The molecule has 0 saturated carbocycles. The predicted molar refractivity (Wildman–Crippen MR) is 125 cm³/mol. The van der Waals surface area contributed by atoms with Gasteiger partial charge < -0.3 is 37.0 Å². The first-order valence-corrected chi connectivity index (χ1v) is 11.1. The summed E-state index contributed by atoms with van der Waals surface area (Å²) in [5, 5.41) is 35.2. The van der Waals surface area contributed by atoms with Crippen LogP contribution in [0.3, 0.4) is 0 Å². The minimum absolute atomic E-state index is 0.0164. The normalized spacial score (nSPS) is 15.3. The fraction of sp³-hybridized carbons (Fsp3) is 0.522. The highest BCUT2D eigenvalue weighted by molar-refractivity contribution is 5.95. The topological polar surface area (TPSA) is 208 Å². The summed E-state index contributed by atoms with van der Waals surface area (Å²) in [6.07, 6.45) is -1.93. The van der Waals surface area contributed by atoms with Gasteiger partial charge in [0.2, 0.25) is 17.7 Å². The average Bonchev–Trinajstić information content (AvgIpc) is 2.76. The van der Waals surface area contributed by atoms with Crippen LogP contribution in [0.25, 0.3) is 0 Å². The van der Waals surface area contributed by atoms with Crippen LogP contribution in [0.1, 0.15) is 39.2 Å². The van der Waals surface area contributed by atoms with Gasteiger partial charge in [-0.3, -0.25) is 19.2 Å². The van der Waals surface area contributed by atoms with Crippen LogP contribution in [-0.4, -0.2) is 75.3 Å². The van der Waals surface area contributed by atoms with E-state index in [-0.39, 0.29) is 18.8 Å². The second-order valence-electron chi connectivity index (χ2n) is 8.71. The Hall–Kier alpha value is -3.51. The molecule has 0 aliphatic heterocycles. The summed E-state index contributed by atoms with van der Waals surface area (Å²) < 4.78 is 0. The first-order chi connectivity index (χ1) is 16.3. The number of carboxylic acid groups (broad SMARTS) is 2. The summed E-state index contributed by atoms with van der Waals surface area (Å²) in [5.41, 5.74) is 6.30. The van der Waals surface area contributed by atoms with E-state index in [1.807, 2.05) is 0 Å². The molecule has 5 atom stereocenters. The number of nitrogens with one attached hydrogen (secondary N) is 3. The third kappa shape index (κ3) is 10.5. The Labute approximate surface area is 203 Å². The lowest BCUT2D eigenvalue weighted by Gasteiger charge is -2.25. The standard InChI is InChI=1S/C23H34N4O8/c1-12(2)9-17(23(34)35)27-21(32)16(11-18(29)30)25-20(31)15(10-14-7-5-4-6-8-14)26-22(33)19(24)13(3)28/h4-8,12-13,15-17,19,28H,9-11,24H2,1-3H3,(H,25,31)(H,26,33)(H,27,32)(H,29,30)(H,34,35). The Balaban J connectivity index is 3.11. The fourth-order valence-corrected chi connectivity index (χ4v) is 3.17. The minimum atomic E-state index is -1.60. The van der Waals surface area contributed by atoms with Gasteiger partial charge in [-0.15, -0.1) is 0 Å². The largest absolute Gasteiger partial charge is 0.481 e. The highest BCUT2D eigenvalue weighted by Gasteiger charge is 2.32. The number of carboxylic acids is 2. The van der Waals surface area contributed by atoms with Gasteiger partial charge in [0.15, 0.2) is 0 Å². The Morgan fingerprint density at radius 3 is 1.83 bits per heavy atom. The van der Waals surface area contributed by atoms with Gasteiger partial charge in [-0.2, -0.15) is 0 Å². The maximum Gasteiger partial charge on any atom is 0.326 e. The molecule has 194 valence electrons. The van der Waals surface area contributed by atoms with E-state index in [9.17, 15) is 39.3 Å².